The predicted octanol–water partition coefficient (Wildman–Crippen LogP) is 1.77. The summed E-state index contributed by atoms with van der Waals surface area (Å²) in [6.45, 7) is 0. The van der Waals surface area contributed by atoms with Gasteiger partial charge in [-0.1, -0.05) is 12.1 Å². The van der Waals surface area contributed by atoms with Crippen LogP contribution in [-0.4, -0.2) is 30.9 Å². The molecule has 3 rings (SSSR count). The van der Waals surface area contributed by atoms with Gasteiger partial charge in [0.25, 0.3) is 11.8 Å². The molecule has 3 N–H and O–H groups in total. The van der Waals surface area contributed by atoms with Gasteiger partial charge in [-0.3, -0.25) is 14.4 Å². The van der Waals surface area contributed by atoms with Crippen molar-refractivity contribution in [2.24, 2.45) is 0 Å². The summed E-state index contributed by atoms with van der Waals surface area (Å²) < 4.78 is 5.59. The minimum Gasteiger partial charge on any atom is -0.478 e. The van der Waals surface area contributed by atoms with Gasteiger partial charge in [-0.05, 0) is 36.4 Å². The molecule has 0 bridgehead atoms. The van der Waals surface area contributed by atoms with Gasteiger partial charge >= 0.3 is 0 Å². The van der Waals surface area contributed by atoms with Crippen molar-refractivity contribution in [1.29, 1.82) is 0 Å². The lowest BCUT2D eigenvalue weighted by Crippen LogP contribution is -2.39. The van der Waals surface area contributed by atoms with Crippen LogP contribution >= 0.6 is 0 Å². The average molecular weight is 339 g/mol. The maximum atomic E-state index is 12.2. The number of amides is 3. The Hall–Kier alpha value is -3.35. The van der Waals surface area contributed by atoms with E-state index in [-0.39, 0.29) is 24.1 Å². The summed E-state index contributed by atoms with van der Waals surface area (Å²) in [4.78, 5) is 35.7. The van der Waals surface area contributed by atoms with Crippen molar-refractivity contribution in [1.82, 2.24) is 5.32 Å². The molecule has 1 heterocycles. The topological polar surface area (TPSA) is 96.5 Å². The van der Waals surface area contributed by atoms with Gasteiger partial charge in [0.1, 0.15) is 5.75 Å². The maximum Gasteiger partial charge on any atom is 0.266 e. The second kappa shape index (κ2) is 7.04. The van der Waals surface area contributed by atoms with Crippen LogP contribution in [-0.2, 0) is 9.59 Å². The van der Waals surface area contributed by atoms with E-state index in [4.69, 9.17) is 4.74 Å². The van der Waals surface area contributed by atoms with Gasteiger partial charge in [0, 0.05) is 18.3 Å². The Morgan fingerprint density at radius 3 is 2.56 bits per heavy atom. The third kappa shape index (κ3) is 3.77. The van der Waals surface area contributed by atoms with Crippen molar-refractivity contribution in [3.63, 3.8) is 0 Å². The van der Waals surface area contributed by atoms with Gasteiger partial charge < -0.3 is 20.7 Å². The normalized spacial score (nSPS) is 15.4. The number of ether oxygens (including phenoxy) is 1. The lowest BCUT2D eigenvalue weighted by atomic mass is 10.1. The quantitative estimate of drug-likeness (QED) is 0.791. The van der Waals surface area contributed by atoms with E-state index in [9.17, 15) is 14.4 Å². The number of hydrogen-bond acceptors (Lipinski definition) is 4. The Labute approximate surface area is 144 Å². The van der Waals surface area contributed by atoms with Crippen LogP contribution in [0.2, 0.25) is 0 Å². The lowest BCUT2D eigenvalue weighted by Gasteiger charge is -2.25. The van der Waals surface area contributed by atoms with Crippen LogP contribution < -0.4 is 20.7 Å². The molecule has 0 saturated carbocycles. The van der Waals surface area contributed by atoms with E-state index < -0.39 is 6.10 Å². The molecule has 1 aliphatic rings. The first-order chi connectivity index (χ1) is 12.1. The van der Waals surface area contributed by atoms with E-state index in [1.165, 1.54) is 0 Å². The highest BCUT2D eigenvalue weighted by atomic mass is 16.5. The number of nitrogens with one attached hydrogen (secondary N) is 3. The highest BCUT2D eigenvalue weighted by Gasteiger charge is 2.29. The first-order valence-corrected chi connectivity index (χ1v) is 7.75. The van der Waals surface area contributed by atoms with Crippen molar-refractivity contribution in [2.45, 2.75) is 12.5 Å². The molecular formula is C18H17N3O4. The lowest BCUT2D eigenvalue weighted by molar-refractivity contribution is -0.128. The average Bonchev–Trinajstić information content (AvgIpc) is 2.62. The van der Waals surface area contributed by atoms with Crippen LogP contribution in [0.4, 0.5) is 11.4 Å². The van der Waals surface area contributed by atoms with Crippen LogP contribution in [0.1, 0.15) is 16.8 Å². The Kier molecular flexibility index (Phi) is 4.65. The van der Waals surface area contributed by atoms with Crippen LogP contribution in [0, 0.1) is 0 Å². The standard InChI is InChI=1S/C18H17N3O4/c1-19-17(23)11-6-8-12(9-7-11)20-16(22)10-15-18(24)21-13-4-2-3-5-14(13)25-15/h2-9,15H,10H2,1H3,(H,19,23)(H,20,22)(H,21,24). The van der Waals surface area contributed by atoms with Crippen molar-refractivity contribution in [3.05, 3.63) is 54.1 Å². The zero-order valence-electron chi connectivity index (χ0n) is 13.5. The van der Waals surface area contributed by atoms with Crippen molar-refractivity contribution >= 4 is 29.1 Å². The molecular weight excluding hydrogens is 322 g/mol. The van der Waals surface area contributed by atoms with Crippen LogP contribution in [0.5, 0.6) is 5.75 Å². The third-order valence-corrected chi connectivity index (χ3v) is 3.74. The first-order valence-electron chi connectivity index (χ1n) is 7.75. The number of para-hydroxylation sites is 2. The van der Waals surface area contributed by atoms with Gasteiger partial charge in [-0.2, -0.15) is 0 Å². The Morgan fingerprint density at radius 1 is 1.12 bits per heavy atom. The summed E-state index contributed by atoms with van der Waals surface area (Å²) in [6, 6.07) is 13.5. The maximum absolute atomic E-state index is 12.2. The number of carbonyl (C=O) groups is 3. The summed E-state index contributed by atoms with van der Waals surface area (Å²) in [5.74, 6) is -0.380. The smallest absolute Gasteiger partial charge is 0.266 e. The number of anilines is 2. The van der Waals surface area contributed by atoms with Crippen molar-refractivity contribution in [2.75, 3.05) is 17.7 Å². The third-order valence-electron chi connectivity index (χ3n) is 3.74. The fourth-order valence-electron chi connectivity index (χ4n) is 2.46. The molecule has 3 amide bonds. The van der Waals surface area contributed by atoms with Gasteiger partial charge in [0.05, 0.1) is 12.1 Å². The van der Waals surface area contributed by atoms with E-state index in [2.05, 4.69) is 16.0 Å². The summed E-state index contributed by atoms with van der Waals surface area (Å²) in [7, 11) is 1.55. The highest BCUT2D eigenvalue weighted by Crippen LogP contribution is 2.29. The van der Waals surface area contributed by atoms with E-state index >= 15 is 0 Å². The zero-order chi connectivity index (χ0) is 17.8. The number of rotatable bonds is 4. The molecule has 0 aliphatic carbocycles. The molecule has 7 nitrogen and oxygen atoms in total. The molecule has 128 valence electrons. The van der Waals surface area contributed by atoms with E-state index in [1.54, 1.807) is 55.6 Å². The molecule has 1 aliphatic heterocycles. The minimum atomic E-state index is -0.889. The van der Waals surface area contributed by atoms with E-state index in [0.717, 1.165) is 0 Å². The number of carbonyl (C=O) groups excluding carboxylic acids is 3. The molecule has 0 radical (unpaired) electrons. The molecule has 1 unspecified atom stereocenters. The molecule has 2 aromatic carbocycles. The van der Waals surface area contributed by atoms with E-state index in [1.807, 2.05) is 0 Å². The Balaban J connectivity index is 1.61. The molecule has 25 heavy (non-hydrogen) atoms. The van der Waals surface area contributed by atoms with Gasteiger partial charge in [0.15, 0.2) is 6.10 Å². The second-order valence-electron chi connectivity index (χ2n) is 5.50. The largest absolute Gasteiger partial charge is 0.478 e. The molecule has 0 spiro atoms. The number of fused-ring (bicyclic) bond motifs is 1. The summed E-state index contributed by atoms with van der Waals surface area (Å²) in [6.07, 6.45) is -1.00. The molecule has 1 atom stereocenters. The summed E-state index contributed by atoms with van der Waals surface area (Å²) in [5.41, 5.74) is 1.62. The van der Waals surface area contributed by atoms with Gasteiger partial charge in [-0.15, -0.1) is 0 Å². The number of hydrogen-bond donors (Lipinski definition) is 3. The molecule has 0 aromatic heterocycles. The molecule has 7 heteroatoms. The van der Waals surface area contributed by atoms with Crippen LogP contribution in [0.15, 0.2) is 48.5 Å². The fourth-order valence-corrected chi connectivity index (χ4v) is 2.46. The highest BCUT2D eigenvalue weighted by molar-refractivity contribution is 6.02. The minimum absolute atomic E-state index is 0.114. The van der Waals surface area contributed by atoms with Crippen LogP contribution in [0.3, 0.4) is 0 Å². The second-order valence-corrected chi connectivity index (χ2v) is 5.50. The van der Waals surface area contributed by atoms with Crippen molar-refractivity contribution < 1.29 is 19.1 Å². The molecule has 0 fully saturated rings. The molecule has 2 aromatic rings. The Morgan fingerprint density at radius 2 is 1.84 bits per heavy atom. The van der Waals surface area contributed by atoms with E-state index in [0.29, 0.717) is 22.7 Å². The zero-order valence-corrected chi connectivity index (χ0v) is 13.5. The predicted molar refractivity (Wildman–Crippen MR) is 92.6 cm³/mol. The van der Waals surface area contributed by atoms with Crippen molar-refractivity contribution in [3.8, 4) is 5.75 Å². The fraction of sp³-hybridized carbons (Fsp3) is 0.167. The monoisotopic (exact) mass is 339 g/mol. The summed E-state index contributed by atoms with van der Waals surface area (Å²) in [5, 5.41) is 7.93. The number of benzene rings is 2. The summed E-state index contributed by atoms with van der Waals surface area (Å²) >= 11 is 0. The SMILES string of the molecule is CNC(=O)c1ccc(NC(=O)CC2Oc3ccccc3NC2=O)cc1. The Bertz CT molecular complexity index is 817. The first kappa shape index (κ1) is 16.5. The molecule has 0 saturated heterocycles. The van der Waals surface area contributed by atoms with Gasteiger partial charge in [0.2, 0.25) is 5.91 Å². The van der Waals surface area contributed by atoms with Gasteiger partial charge in [-0.25, -0.2) is 0 Å². The van der Waals surface area contributed by atoms with Crippen LogP contribution in [0.25, 0.3) is 0 Å².